The predicted octanol–water partition coefficient (Wildman–Crippen LogP) is 2.22. The van der Waals surface area contributed by atoms with E-state index in [1.165, 1.54) is 6.08 Å². The molecule has 0 atom stereocenters. The summed E-state index contributed by atoms with van der Waals surface area (Å²) in [5, 5.41) is 5.29. The summed E-state index contributed by atoms with van der Waals surface area (Å²) < 4.78 is 5.09. The van der Waals surface area contributed by atoms with E-state index in [1.54, 1.807) is 55.8 Å². The summed E-state index contributed by atoms with van der Waals surface area (Å²) >= 11 is 0. The van der Waals surface area contributed by atoms with Crippen LogP contribution in [0.2, 0.25) is 0 Å². The highest BCUT2D eigenvalue weighted by molar-refractivity contribution is 6.01. The standard InChI is InChI=1S/C16H16N2O3/c1-17-16(20)11-12-4-6-13(7-5-12)18-15(19)9-8-14-3-2-10-21-14/h2-10H,11H2,1H3,(H,17,20)(H,18,19)/b9-8+. The summed E-state index contributed by atoms with van der Waals surface area (Å²) in [6.45, 7) is 0. The lowest BCUT2D eigenvalue weighted by Crippen LogP contribution is -2.19. The van der Waals surface area contributed by atoms with Crippen molar-refractivity contribution < 1.29 is 14.0 Å². The van der Waals surface area contributed by atoms with Gasteiger partial charge in [0.2, 0.25) is 11.8 Å². The summed E-state index contributed by atoms with van der Waals surface area (Å²) in [5.41, 5.74) is 1.56. The van der Waals surface area contributed by atoms with Gasteiger partial charge in [-0.2, -0.15) is 0 Å². The fourth-order valence-corrected chi connectivity index (χ4v) is 1.71. The molecule has 1 heterocycles. The Labute approximate surface area is 122 Å². The number of likely N-dealkylation sites (N-methyl/N-ethyl adjacent to an activating group) is 1. The molecule has 0 saturated heterocycles. The highest BCUT2D eigenvalue weighted by Crippen LogP contribution is 2.10. The maximum absolute atomic E-state index is 11.7. The van der Waals surface area contributed by atoms with Gasteiger partial charge in [-0.25, -0.2) is 0 Å². The maximum atomic E-state index is 11.7. The minimum atomic E-state index is -0.245. The highest BCUT2D eigenvalue weighted by Gasteiger charge is 2.02. The van der Waals surface area contributed by atoms with Crippen molar-refractivity contribution in [3.8, 4) is 0 Å². The van der Waals surface area contributed by atoms with Crippen molar-refractivity contribution >= 4 is 23.6 Å². The average Bonchev–Trinajstić information content (AvgIpc) is 3.00. The third-order valence-electron chi connectivity index (χ3n) is 2.81. The number of carbonyl (C=O) groups excluding carboxylic acids is 2. The van der Waals surface area contributed by atoms with Crippen LogP contribution in [0, 0.1) is 0 Å². The molecule has 0 aliphatic carbocycles. The molecule has 0 saturated carbocycles. The van der Waals surface area contributed by atoms with Gasteiger partial charge in [0, 0.05) is 18.8 Å². The Balaban J connectivity index is 1.90. The molecule has 108 valence electrons. The molecular formula is C16H16N2O3. The zero-order chi connectivity index (χ0) is 15.1. The van der Waals surface area contributed by atoms with Gasteiger partial charge in [0.25, 0.3) is 0 Å². The third-order valence-corrected chi connectivity index (χ3v) is 2.81. The zero-order valence-electron chi connectivity index (χ0n) is 11.6. The maximum Gasteiger partial charge on any atom is 0.248 e. The lowest BCUT2D eigenvalue weighted by atomic mass is 10.1. The fraction of sp³-hybridized carbons (Fsp3) is 0.125. The second kappa shape index (κ2) is 7.09. The van der Waals surface area contributed by atoms with Gasteiger partial charge in [0.1, 0.15) is 5.76 Å². The number of hydrogen-bond acceptors (Lipinski definition) is 3. The molecule has 0 aliphatic rings. The Hall–Kier alpha value is -2.82. The molecule has 0 bridgehead atoms. The first kappa shape index (κ1) is 14.6. The zero-order valence-corrected chi connectivity index (χ0v) is 11.6. The topological polar surface area (TPSA) is 71.3 Å². The van der Waals surface area contributed by atoms with Crippen molar-refractivity contribution in [2.45, 2.75) is 6.42 Å². The first-order chi connectivity index (χ1) is 10.2. The quantitative estimate of drug-likeness (QED) is 0.827. The van der Waals surface area contributed by atoms with Gasteiger partial charge in [0.05, 0.1) is 12.7 Å². The van der Waals surface area contributed by atoms with E-state index >= 15 is 0 Å². The highest BCUT2D eigenvalue weighted by atomic mass is 16.3. The average molecular weight is 284 g/mol. The number of anilines is 1. The van der Waals surface area contributed by atoms with Crippen LogP contribution in [0.3, 0.4) is 0 Å². The third kappa shape index (κ3) is 4.65. The van der Waals surface area contributed by atoms with Crippen LogP contribution in [0.5, 0.6) is 0 Å². The minimum Gasteiger partial charge on any atom is -0.465 e. The second-order valence-corrected chi connectivity index (χ2v) is 4.38. The lowest BCUT2D eigenvalue weighted by Gasteiger charge is -2.04. The van der Waals surface area contributed by atoms with E-state index < -0.39 is 0 Å². The van der Waals surface area contributed by atoms with Crippen molar-refractivity contribution in [2.24, 2.45) is 0 Å². The van der Waals surface area contributed by atoms with Crippen molar-refractivity contribution in [2.75, 3.05) is 12.4 Å². The van der Waals surface area contributed by atoms with Crippen LogP contribution < -0.4 is 10.6 Å². The van der Waals surface area contributed by atoms with Crippen LogP contribution >= 0.6 is 0 Å². The molecule has 2 N–H and O–H groups in total. The molecule has 2 aromatic rings. The van der Waals surface area contributed by atoms with Crippen LogP contribution in [0.25, 0.3) is 6.08 Å². The number of nitrogens with one attached hydrogen (secondary N) is 2. The van der Waals surface area contributed by atoms with E-state index in [2.05, 4.69) is 10.6 Å². The molecule has 0 fully saturated rings. The lowest BCUT2D eigenvalue weighted by molar-refractivity contribution is -0.120. The summed E-state index contributed by atoms with van der Waals surface area (Å²) in [4.78, 5) is 23.0. The van der Waals surface area contributed by atoms with Crippen LogP contribution in [-0.4, -0.2) is 18.9 Å². The van der Waals surface area contributed by atoms with Gasteiger partial charge in [-0.3, -0.25) is 9.59 Å². The number of amides is 2. The van der Waals surface area contributed by atoms with E-state index in [0.29, 0.717) is 17.9 Å². The molecule has 0 radical (unpaired) electrons. The summed E-state index contributed by atoms with van der Waals surface area (Å²) in [6.07, 6.45) is 4.86. The van der Waals surface area contributed by atoms with Crippen molar-refractivity contribution in [3.05, 3.63) is 60.1 Å². The minimum absolute atomic E-state index is 0.0480. The molecule has 2 amide bonds. The monoisotopic (exact) mass is 284 g/mol. The number of hydrogen-bond donors (Lipinski definition) is 2. The van der Waals surface area contributed by atoms with Gasteiger partial charge in [-0.15, -0.1) is 0 Å². The molecular weight excluding hydrogens is 268 g/mol. The molecule has 2 rings (SSSR count). The number of carbonyl (C=O) groups is 2. The largest absolute Gasteiger partial charge is 0.465 e. The van der Waals surface area contributed by atoms with Gasteiger partial charge >= 0.3 is 0 Å². The van der Waals surface area contributed by atoms with Gasteiger partial charge in [-0.1, -0.05) is 12.1 Å². The Morgan fingerprint density at radius 3 is 2.57 bits per heavy atom. The first-order valence-electron chi connectivity index (χ1n) is 6.49. The van der Waals surface area contributed by atoms with Crippen LogP contribution in [0.1, 0.15) is 11.3 Å². The number of furan rings is 1. The number of rotatable bonds is 5. The fourth-order valence-electron chi connectivity index (χ4n) is 1.71. The normalized spacial score (nSPS) is 10.5. The molecule has 0 aliphatic heterocycles. The van der Waals surface area contributed by atoms with Crippen molar-refractivity contribution in [1.82, 2.24) is 5.32 Å². The van der Waals surface area contributed by atoms with E-state index in [-0.39, 0.29) is 11.8 Å². The Morgan fingerprint density at radius 2 is 1.95 bits per heavy atom. The van der Waals surface area contributed by atoms with Crippen molar-refractivity contribution in [3.63, 3.8) is 0 Å². The predicted molar refractivity (Wildman–Crippen MR) is 80.6 cm³/mol. The van der Waals surface area contributed by atoms with E-state index in [4.69, 9.17) is 4.42 Å². The Bertz CT molecular complexity index is 628. The second-order valence-electron chi connectivity index (χ2n) is 4.38. The SMILES string of the molecule is CNC(=O)Cc1ccc(NC(=O)/C=C/c2ccco2)cc1. The van der Waals surface area contributed by atoms with E-state index in [1.807, 2.05) is 0 Å². The number of benzene rings is 1. The Morgan fingerprint density at radius 1 is 1.19 bits per heavy atom. The summed E-state index contributed by atoms with van der Waals surface area (Å²) in [5.74, 6) is 0.324. The molecule has 5 nitrogen and oxygen atoms in total. The van der Waals surface area contributed by atoms with E-state index in [9.17, 15) is 9.59 Å². The smallest absolute Gasteiger partial charge is 0.248 e. The van der Waals surface area contributed by atoms with Gasteiger partial charge in [-0.05, 0) is 35.9 Å². The molecule has 0 spiro atoms. The molecule has 21 heavy (non-hydrogen) atoms. The summed E-state index contributed by atoms with van der Waals surface area (Å²) in [6, 6.07) is 10.6. The van der Waals surface area contributed by atoms with Crippen molar-refractivity contribution in [1.29, 1.82) is 0 Å². The van der Waals surface area contributed by atoms with E-state index in [0.717, 1.165) is 5.56 Å². The summed E-state index contributed by atoms with van der Waals surface area (Å²) in [7, 11) is 1.60. The molecule has 0 unspecified atom stereocenters. The molecule has 1 aromatic heterocycles. The van der Waals surface area contributed by atoms with Crippen LogP contribution in [-0.2, 0) is 16.0 Å². The molecule has 1 aromatic carbocycles. The Kier molecular flexibility index (Phi) is 4.93. The van der Waals surface area contributed by atoms with Crippen LogP contribution in [0.15, 0.2) is 53.2 Å². The van der Waals surface area contributed by atoms with Gasteiger partial charge in [0.15, 0.2) is 0 Å². The van der Waals surface area contributed by atoms with Gasteiger partial charge < -0.3 is 15.1 Å². The first-order valence-corrected chi connectivity index (χ1v) is 6.49. The van der Waals surface area contributed by atoms with Crippen LogP contribution in [0.4, 0.5) is 5.69 Å². The molecule has 5 heteroatoms.